The Morgan fingerprint density at radius 3 is 2.56 bits per heavy atom. The highest BCUT2D eigenvalue weighted by molar-refractivity contribution is 6.45. The fraction of sp³-hybridized carbons (Fsp3) is 0.143. The molecule has 0 radical (unpaired) electrons. The Balaban J connectivity index is 3.17. The van der Waals surface area contributed by atoms with Gasteiger partial charge in [0.05, 0.1) is 0 Å². The monoisotopic (exact) mass is 156 g/mol. The fourth-order valence-electron chi connectivity index (χ4n) is 0.795. The molecule has 0 aliphatic rings. The van der Waals surface area contributed by atoms with E-state index in [2.05, 4.69) is 13.0 Å². The molecule has 0 atom stereocenters. The van der Waals surface area contributed by atoms with Crippen molar-refractivity contribution in [2.24, 2.45) is 0 Å². The Kier molecular flexibility index (Phi) is 1.93. The second-order valence-corrected chi connectivity index (χ2v) is 3.74. The van der Waals surface area contributed by atoms with Crippen LogP contribution in [0, 0.1) is 6.92 Å². The summed E-state index contributed by atoms with van der Waals surface area (Å²) in [4.78, 5) is 0. The van der Waals surface area contributed by atoms with Gasteiger partial charge in [-0.25, -0.2) is 0 Å². The highest BCUT2D eigenvalue weighted by Crippen LogP contribution is 2.04. The minimum atomic E-state index is 0.910. The van der Waals surface area contributed by atoms with Gasteiger partial charge in [0.1, 0.15) is 0 Å². The molecule has 2 heteroatoms. The molecule has 0 aromatic heterocycles. The van der Waals surface area contributed by atoms with Gasteiger partial charge in [0.25, 0.3) is 0 Å². The molecule has 48 valence electrons. The van der Waals surface area contributed by atoms with Crippen molar-refractivity contribution < 1.29 is 0 Å². The predicted molar refractivity (Wildman–Crippen MR) is 45.8 cm³/mol. The molecule has 0 nitrogen and oxygen atoms in total. The maximum Gasteiger partial charge on any atom is 0.0404 e. The number of rotatable bonds is 0. The van der Waals surface area contributed by atoms with Crippen LogP contribution in [0.3, 0.4) is 0 Å². The number of hydrogen-bond donors (Lipinski definition) is 0. The van der Waals surface area contributed by atoms with Gasteiger partial charge >= 0.3 is 0 Å². The van der Waals surface area contributed by atoms with Crippen LogP contribution >= 0.6 is 11.6 Å². The van der Waals surface area contributed by atoms with Crippen LogP contribution in [0.25, 0.3) is 0 Å². The Morgan fingerprint density at radius 2 is 2.11 bits per heavy atom. The Labute approximate surface area is 63.3 Å². The van der Waals surface area contributed by atoms with Crippen molar-refractivity contribution in [1.82, 2.24) is 0 Å². The van der Waals surface area contributed by atoms with Crippen molar-refractivity contribution in [3.63, 3.8) is 0 Å². The van der Waals surface area contributed by atoms with E-state index >= 15 is 0 Å². The van der Waals surface area contributed by atoms with E-state index in [4.69, 9.17) is 11.6 Å². The smallest absolute Gasteiger partial charge is 0.0404 e. The molecule has 1 aromatic carbocycles. The molecule has 0 fully saturated rings. The van der Waals surface area contributed by atoms with Crippen LogP contribution in [0.1, 0.15) is 5.56 Å². The summed E-state index contributed by atoms with van der Waals surface area (Å²) < 4.78 is 0. The molecular weight excluding hydrogens is 148 g/mol. The summed E-state index contributed by atoms with van der Waals surface area (Å²) in [5.74, 6) is 0. The standard InChI is InChI=1S/C7H9ClSi/c1-5-2-3-6(8)7(9)4-5/h2-4H,1,9H3. The molecular formula is C7H9ClSi. The first-order chi connectivity index (χ1) is 4.20. The average Bonchev–Trinajstić information content (AvgIpc) is 1.80. The highest BCUT2D eigenvalue weighted by Gasteiger charge is 1.91. The molecule has 0 N–H and O–H groups in total. The topological polar surface area (TPSA) is 0 Å². The summed E-state index contributed by atoms with van der Waals surface area (Å²) in [6, 6.07) is 6.12. The molecule has 9 heavy (non-hydrogen) atoms. The summed E-state index contributed by atoms with van der Waals surface area (Å²) >= 11 is 5.82. The molecule has 1 rings (SSSR count). The zero-order valence-electron chi connectivity index (χ0n) is 5.61. The zero-order valence-corrected chi connectivity index (χ0v) is 8.37. The highest BCUT2D eigenvalue weighted by atomic mass is 35.5. The van der Waals surface area contributed by atoms with Gasteiger partial charge in [0.2, 0.25) is 0 Å². The Morgan fingerprint density at radius 1 is 1.44 bits per heavy atom. The van der Waals surface area contributed by atoms with Crippen molar-refractivity contribution in [2.75, 3.05) is 0 Å². The molecule has 0 unspecified atom stereocenters. The molecule has 0 heterocycles. The van der Waals surface area contributed by atoms with E-state index in [1.807, 2.05) is 12.1 Å². The summed E-state index contributed by atoms with van der Waals surface area (Å²) in [7, 11) is 1.04. The Bertz CT molecular complexity index is 220. The van der Waals surface area contributed by atoms with E-state index in [1.54, 1.807) is 0 Å². The maximum absolute atomic E-state index is 5.82. The van der Waals surface area contributed by atoms with Crippen LogP contribution in [0.15, 0.2) is 18.2 Å². The zero-order chi connectivity index (χ0) is 6.85. The molecule has 0 amide bonds. The average molecular weight is 157 g/mol. The van der Waals surface area contributed by atoms with E-state index in [-0.39, 0.29) is 0 Å². The van der Waals surface area contributed by atoms with E-state index in [0.29, 0.717) is 0 Å². The fourth-order valence-corrected chi connectivity index (χ4v) is 1.53. The van der Waals surface area contributed by atoms with Crippen LogP contribution in [0.4, 0.5) is 0 Å². The van der Waals surface area contributed by atoms with Crippen molar-refractivity contribution in [3.8, 4) is 0 Å². The summed E-state index contributed by atoms with van der Waals surface area (Å²) in [5, 5.41) is 2.20. The lowest BCUT2D eigenvalue weighted by atomic mass is 10.2. The van der Waals surface area contributed by atoms with Gasteiger partial charge in [-0.3, -0.25) is 0 Å². The third kappa shape index (κ3) is 1.56. The van der Waals surface area contributed by atoms with Gasteiger partial charge in [0, 0.05) is 15.3 Å². The van der Waals surface area contributed by atoms with Crippen molar-refractivity contribution >= 4 is 27.0 Å². The minimum absolute atomic E-state index is 0.910. The molecule has 0 bridgehead atoms. The SMILES string of the molecule is Cc1ccc(Cl)c([SiH3])c1. The first-order valence-corrected chi connectivity index (χ1v) is 4.30. The van der Waals surface area contributed by atoms with Crippen molar-refractivity contribution in [2.45, 2.75) is 6.92 Å². The van der Waals surface area contributed by atoms with Crippen LogP contribution in [-0.4, -0.2) is 10.2 Å². The lowest BCUT2D eigenvalue weighted by molar-refractivity contribution is 1.50. The van der Waals surface area contributed by atoms with Crippen LogP contribution in [0.5, 0.6) is 0 Å². The van der Waals surface area contributed by atoms with Gasteiger partial charge in [-0.05, 0) is 13.0 Å². The van der Waals surface area contributed by atoms with Gasteiger partial charge in [-0.2, -0.15) is 0 Å². The minimum Gasteiger partial charge on any atom is -0.0845 e. The number of aryl methyl sites for hydroxylation is 1. The number of halogens is 1. The quantitative estimate of drug-likeness (QED) is 0.484. The largest absolute Gasteiger partial charge is 0.0845 e. The second-order valence-electron chi connectivity index (χ2n) is 2.25. The normalized spacial score (nSPS) is 10.0. The molecule has 0 aliphatic heterocycles. The van der Waals surface area contributed by atoms with Gasteiger partial charge in [0.15, 0.2) is 0 Å². The molecule has 1 aromatic rings. The van der Waals surface area contributed by atoms with E-state index in [0.717, 1.165) is 15.3 Å². The first kappa shape index (κ1) is 6.84. The Hall–Kier alpha value is -0.273. The lowest BCUT2D eigenvalue weighted by Gasteiger charge is -1.96. The van der Waals surface area contributed by atoms with Crippen molar-refractivity contribution in [3.05, 3.63) is 28.8 Å². The number of benzene rings is 1. The lowest BCUT2D eigenvalue weighted by Crippen LogP contribution is -2.03. The van der Waals surface area contributed by atoms with E-state index in [9.17, 15) is 0 Å². The molecule has 0 spiro atoms. The van der Waals surface area contributed by atoms with Gasteiger partial charge in [-0.15, -0.1) is 0 Å². The van der Waals surface area contributed by atoms with Crippen LogP contribution in [-0.2, 0) is 0 Å². The first-order valence-electron chi connectivity index (χ1n) is 2.93. The number of hydrogen-bond acceptors (Lipinski definition) is 0. The van der Waals surface area contributed by atoms with Crippen molar-refractivity contribution in [1.29, 1.82) is 0 Å². The predicted octanol–water partition coefficient (Wildman–Crippen LogP) is 0.639. The summed E-state index contributed by atoms with van der Waals surface area (Å²) in [5.41, 5.74) is 1.30. The third-order valence-corrected chi connectivity index (χ3v) is 2.88. The maximum atomic E-state index is 5.82. The van der Waals surface area contributed by atoms with Crippen LogP contribution in [0.2, 0.25) is 5.02 Å². The van der Waals surface area contributed by atoms with E-state index in [1.165, 1.54) is 10.8 Å². The molecule has 0 aliphatic carbocycles. The second kappa shape index (κ2) is 2.54. The van der Waals surface area contributed by atoms with Gasteiger partial charge in [-0.1, -0.05) is 34.5 Å². The third-order valence-electron chi connectivity index (χ3n) is 1.31. The summed E-state index contributed by atoms with van der Waals surface area (Å²) in [6.07, 6.45) is 0. The van der Waals surface area contributed by atoms with Gasteiger partial charge < -0.3 is 0 Å². The van der Waals surface area contributed by atoms with E-state index < -0.39 is 0 Å². The van der Waals surface area contributed by atoms with Crippen LogP contribution < -0.4 is 5.19 Å². The molecule has 0 saturated carbocycles. The molecule has 0 saturated heterocycles. The summed E-state index contributed by atoms with van der Waals surface area (Å²) in [6.45, 7) is 2.08.